The van der Waals surface area contributed by atoms with Gasteiger partial charge >= 0.3 is 11.9 Å². The number of aliphatic hydroxyl groups excluding tert-OH is 1. The molecule has 0 unspecified atom stereocenters. The highest BCUT2D eigenvalue weighted by Crippen LogP contribution is 2.66. The molecule has 0 heterocycles. The molecule has 7 heteroatoms. The zero-order valence-electron chi connectivity index (χ0n) is 18.3. The normalized spacial score (nSPS) is 33.6. The van der Waals surface area contributed by atoms with Gasteiger partial charge in [-0.05, 0) is 77.1 Å². The maximum absolute atomic E-state index is 11.7. The smallest absolute Gasteiger partial charge is 0.333 e. The first-order valence-corrected chi connectivity index (χ1v) is 13.5. The average Bonchev–Trinajstić information content (AvgIpc) is 2.54. The van der Waals surface area contributed by atoms with Crippen molar-refractivity contribution in [1.29, 1.82) is 0 Å². The van der Waals surface area contributed by atoms with E-state index < -0.39 is 20.4 Å². The SMILES string of the molecule is COC(=O)/C(C)=C/[C@@H](O)C[C@]1(COC(C)=O)[C@H]2CC[C@@](C)(O[Si](C)(C)C)[C@@H]1C2. The molecule has 0 spiro atoms. The number of hydrogen-bond acceptors (Lipinski definition) is 6. The van der Waals surface area contributed by atoms with Crippen molar-refractivity contribution in [2.75, 3.05) is 13.7 Å². The molecule has 0 aromatic rings. The number of esters is 2. The molecule has 0 aromatic heterocycles. The molecule has 6 nitrogen and oxygen atoms in total. The van der Waals surface area contributed by atoms with Crippen molar-refractivity contribution >= 4 is 20.3 Å². The number of fused-ring (bicyclic) bond motifs is 2. The Hall–Kier alpha value is -1.18. The van der Waals surface area contributed by atoms with Crippen LogP contribution in [-0.4, -0.2) is 50.8 Å². The maximum Gasteiger partial charge on any atom is 0.333 e. The summed E-state index contributed by atoms with van der Waals surface area (Å²) in [6.07, 6.45) is 4.18. The minimum absolute atomic E-state index is 0.214. The first kappa shape index (κ1) is 23.1. The van der Waals surface area contributed by atoms with Gasteiger partial charge in [-0.25, -0.2) is 4.79 Å². The summed E-state index contributed by atoms with van der Waals surface area (Å²) in [5.74, 6) is -0.162. The minimum Gasteiger partial charge on any atom is -0.466 e. The molecule has 0 amide bonds. The molecule has 0 aliphatic heterocycles. The second kappa shape index (κ2) is 8.28. The van der Waals surface area contributed by atoms with Crippen LogP contribution in [0.3, 0.4) is 0 Å². The van der Waals surface area contributed by atoms with Crippen molar-refractivity contribution < 1.29 is 28.6 Å². The van der Waals surface area contributed by atoms with E-state index in [9.17, 15) is 14.7 Å². The fraction of sp³-hybridized carbons (Fsp3) is 0.810. The zero-order chi connectivity index (χ0) is 21.3. The number of methoxy groups -OCH3 is 1. The average molecular weight is 413 g/mol. The van der Waals surface area contributed by atoms with E-state index in [0.29, 0.717) is 17.9 Å². The Morgan fingerprint density at radius 1 is 1.29 bits per heavy atom. The molecule has 160 valence electrons. The molecular formula is C21H36O6Si. The zero-order valence-corrected chi connectivity index (χ0v) is 19.3. The molecule has 3 saturated carbocycles. The van der Waals surface area contributed by atoms with Crippen LogP contribution in [0, 0.1) is 17.3 Å². The van der Waals surface area contributed by atoms with E-state index in [1.165, 1.54) is 14.0 Å². The fourth-order valence-corrected chi connectivity index (χ4v) is 7.03. The van der Waals surface area contributed by atoms with Gasteiger partial charge in [0.25, 0.3) is 0 Å². The summed E-state index contributed by atoms with van der Waals surface area (Å²) in [6, 6.07) is 0. The lowest BCUT2D eigenvalue weighted by Crippen LogP contribution is -2.67. The van der Waals surface area contributed by atoms with Gasteiger partial charge in [-0.1, -0.05) is 0 Å². The van der Waals surface area contributed by atoms with Gasteiger partial charge in [-0.15, -0.1) is 0 Å². The Balaban J connectivity index is 2.29. The highest BCUT2D eigenvalue weighted by molar-refractivity contribution is 6.69. The van der Waals surface area contributed by atoms with Crippen molar-refractivity contribution in [2.24, 2.45) is 17.3 Å². The molecule has 0 saturated heterocycles. The summed E-state index contributed by atoms with van der Waals surface area (Å²) >= 11 is 0. The van der Waals surface area contributed by atoms with E-state index in [4.69, 9.17) is 13.9 Å². The third-order valence-electron chi connectivity index (χ3n) is 6.38. The van der Waals surface area contributed by atoms with Gasteiger partial charge in [-0.3, -0.25) is 4.79 Å². The van der Waals surface area contributed by atoms with E-state index in [-0.39, 0.29) is 29.5 Å². The Kier molecular flexibility index (Phi) is 6.83. The van der Waals surface area contributed by atoms with Crippen LogP contribution in [0.25, 0.3) is 0 Å². The van der Waals surface area contributed by atoms with Gasteiger partial charge < -0.3 is 19.0 Å². The highest BCUT2D eigenvalue weighted by atomic mass is 28.4. The quantitative estimate of drug-likeness (QED) is 0.374. The van der Waals surface area contributed by atoms with Gasteiger partial charge in [0.2, 0.25) is 0 Å². The molecular weight excluding hydrogens is 376 g/mol. The molecule has 3 fully saturated rings. The summed E-state index contributed by atoms with van der Waals surface area (Å²) in [5.41, 5.74) is -0.228. The molecule has 5 atom stereocenters. The molecule has 2 bridgehead atoms. The molecule has 0 radical (unpaired) electrons. The monoisotopic (exact) mass is 412 g/mol. The van der Waals surface area contributed by atoms with Crippen LogP contribution >= 0.6 is 0 Å². The number of carbonyl (C=O) groups excluding carboxylic acids is 2. The van der Waals surface area contributed by atoms with Crippen LogP contribution in [0.15, 0.2) is 11.6 Å². The van der Waals surface area contributed by atoms with Gasteiger partial charge in [0.1, 0.15) is 0 Å². The summed E-state index contributed by atoms with van der Waals surface area (Å²) in [7, 11) is -0.448. The standard InChI is InChI=1S/C21H36O6Si/c1-14(19(24)25-4)10-17(23)12-21(13-26-15(2)22)16-8-9-20(3,18(21)11-16)27-28(5,6)7/h10,16-18,23H,8-9,11-13H2,1-7H3/b14-10+/t16-,17+,18-,20+,21-/m0/s1. The van der Waals surface area contributed by atoms with Crippen molar-refractivity contribution in [3.63, 3.8) is 0 Å². The Labute approximate surface area is 169 Å². The van der Waals surface area contributed by atoms with Crippen LogP contribution in [0.2, 0.25) is 19.6 Å². The van der Waals surface area contributed by atoms with Gasteiger partial charge in [0.15, 0.2) is 8.32 Å². The first-order valence-electron chi connectivity index (χ1n) is 10.1. The van der Waals surface area contributed by atoms with Gasteiger partial charge in [0, 0.05) is 17.9 Å². The Morgan fingerprint density at radius 2 is 1.93 bits per heavy atom. The van der Waals surface area contributed by atoms with Gasteiger partial charge in [-0.2, -0.15) is 0 Å². The Morgan fingerprint density at radius 3 is 2.43 bits per heavy atom. The molecule has 3 aliphatic carbocycles. The molecule has 1 N–H and O–H groups in total. The third-order valence-corrected chi connectivity index (χ3v) is 7.45. The lowest BCUT2D eigenvalue weighted by Gasteiger charge is -2.67. The first-order chi connectivity index (χ1) is 12.8. The van der Waals surface area contributed by atoms with E-state index in [1.54, 1.807) is 13.0 Å². The summed E-state index contributed by atoms with van der Waals surface area (Å²) < 4.78 is 16.8. The van der Waals surface area contributed by atoms with Crippen LogP contribution in [0.4, 0.5) is 0 Å². The van der Waals surface area contributed by atoms with E-state index in [0.717, 1.165) is 19.3 Å². The molecule has 3 rings (SSSR count). The van der Waals surface area contributed by atoms with E-state index >= 15 is 0 Å². The lowest BCUT2D eigenvalue weighted by molar-refractivity contribution is -0.230. The van der Waals surface area contributed by atoms with E-state index in [2.05, 4.69) is 26.6 Å². The molecule has 3 aliphatic rings. The molecule has 28 heavy (non-hydrogen) atoms. The van der Waals surface area contributed by atoms with Crippen molar-refractivity contribution in [3.05, 3.63) is 11.6 Å². The van der Waals surface area contributed by atoms with Crippen LogP contribution in [0.1, 0.15) is 46.5 Å². The summed E-state index contributed by atoms with van der Waals surface area (Å²) in [6.45, 7) is 12.1. The fourth-order valence-electron chi connectivity index (χ4n) is 5.39. The lowest BCUT2D eigenvalue weighted by atomic mass is 9.42. The number of ether oxygens (including phenoxy) is 2. The van der Waals surface area contributed by atoms with Crippen molar-refractivity contribution in [2.45, 2.75) is 77.8 Å². The van der Waals surface area contributed by atoms with Gasteiger partial charge in [0.05, 0.1) is 25.4 Å². The number of hydrogen-bond donors (Lipinski definition) is 1. The van der Waals surface area contributed by atoms with Crippen LogP contribution < -0.4 is 0 Å². The highest BCUT2D eigenvalue weighted by Gasteiger charge is 2.65. The second-order valence-electron chi connectivity index (χ2n) is 9.68. The summed E-state index contributed by atoms with van der Waals surface area (Å²) in [5, 5.41) is 10.7. The minimum atomic E-state index is -1.77. The van der Waals surface area contributed by atoms with Crippen LogP contribution in [0.5, 0.6) is 0 Å². The predicted molar refractivity (Wildman–Crippen MR) is 109 cm³/mol. The number of rotatable bonds is 8. The topological polar surface area (TPSA) is 82.1 Å². The van der Waals surface area contributed by atoms with E-state index in [1.807, 2.05) is 0 Å². The molecule has 0 aromatic carbocycles. The summed E-state index contributed by atoms with van der Waals surface area (Å²) in [4.78, 5) is 23.2. The maximum atomic E-state index is 11.7. The number of carbonyl (C=O) groups is 2. The number of aliphatic hydroxyl groups is 1. The second-order valence-corrected chi connectivity index (χ2v) is 14.1. The van der Waals surface area contributed by atoms with Crippen LogP contribution in [-0.2, 0) is 23.5 Å². The Bertz CT molecular complexity index is 637. The predicted octanol–water partition coefficient (Wildman–Crippen LogP) is 3.45. The third kappa shape index (κ3) is 4.86. The van der Waals surface area contributed by atoms with Crippen molar-refractivity contribution in [1.82, 2.24) is 0 Å². The largest absolute Gasteiger partial charge is 0.466 e. The van der Waals surface area contributed by atoms with Crippen molar-refractivity contribution in [3.8, 4) is 0 Å².